The summed E-state index contributed by atoms with van der Waals surface area (Å²) in [6.07, 6.45) is 1.69. The summed E-state index contributed by atoms with van der Waals surface area (Å²) >= 11 is 0. The topological polar surface area (TPSA) is 127 Å². The fourth-order valence-electron chi connectivity index (χ4n) is 4.83. The molecule has 0 spiro atoms. The van der Waals surface area contributed by atoms with Crippen molar-refractivity contribution >= 4 is 22.4 Å². The Morgan fingerprint density at radius 2 is 1.62 bits per heavy atom. The Hall–Kier alpha value is -5.51. The molecule has 0 fully saturated rings. The van der Waals surface area contributed by atoms with Crippen LogP contribution < -0.4 is 35.6 Å². The van der Waals surface area contributed by atoms with Crippen molar-refractivity contribution in [3.05, 3.63) is 101 Å². The summed E-state index contributed by atoms with van der Waals surface area (Å²) in [5, 5.41) is 3.56. The molecular formula is C32H30N4O6. The molecular weight excluding hydrogens is 536 g/mol. The van der Waals surface area contributed by atoms with Crippen LogP contribution in [0.25, 0.3) is 27.6 Å². The van der Waals surface area contributed by atoms with Gasteiger partial charge in [0.1, 0.15) is 18.1 Å². The maximum atomic E-state index is 14.2. The number of aromatic nitrogens is 2. The number of ether oxygens (including phenoxy) is 4. The smallest absolute Gasteiger partial charge is 0.268 e. The number of carbonyl (C=O) groups is 1. The number of anilines is 1. The fraction of sp³-hybridized carbons (Fsp3) is 0.156. The van der Waals surface area contributed by atoms with Gasteiger partial charge in [0.15, 0.2) is 11.5 Å². The van der Waals surface area contributed by atoms with E-state index in [0.717, 1.165) is 5.69 Å². The van der Waals surface area contributed by atoms with Crippen molar-refractivity contribution in [3.8, 4) is 39.8 Å². The van der Waals surface area contributed by atoms with Crippen LogP contribution in [0.2, 0.25) is 0 Å². The lowest BCUT2D eigenvalue weighted by Gasteiger charge is -2.21. The number of amides is 1. The Kier molecular flexibility index (Phi) is 7.96. The first-order valence-electron chi connectivity index (χ1n) is 13.0. The first-order valence-corrected chi connectivity index (χ1v) is 13.0. The third-order valence-corrected chi connectivity index (χ3v) is 6.81. The Balaban J connectivity index is 1.85. The Morgan fingerprint density at radius 3 is 2.21 bits per heavy atom. The van der Waals surface area contributed by atoms with Crippen LogP contribution in [0.5, 0.6) is 23.0 Å². The third kappa shape index (κ3) is 5.17. The number of nitrogens with zero attached hydrogens (tertiary/aromatic N) is 2. The van der Waals surface area contributed by atoms with Gasteiger partial charge < -0.3 is 30.0 Å². The second-order valence-corrected chi connectivity index (χ2v) is 9.27. The Bertz CT molecular complexity index is 1790. The van der Waals surface area contributed by atoms with E-state index in [1.165, 1.54) is 32.9 Å². The highest BCUT2D eigenvalue weighted by molar-refractivity contribution is 6.09. The van der Waals surface area contributed by atoms with Crippen molar-refractivity contribution in [2.75, 3.05) is 34.1 Å². The van der Waals surface area contributed by atoms with E-state index in [0.29, 0.717) is 56.3 Å². The van der Waals surface area contributed by atoms with E-state index in [1.807, 2.05) is 18.2 Å². The van der Waals surface area contributed by atoms with Gasteiger partial charge in [-0.25, -0.2) is 0 Å². The highest BCUT2D eigenvalue weighted by atomic mass is 16.5. The van der Waals surface area contributed by atoms with Crippen LogP contribution in [0.15, 0.2) is 83.8 Å². The molecule has 10 heteroatoms. The van der Waals surface area contributed by atoms with Crippen LogP contribution in [-0.4, -0.2) is 43.8 Å². The summed E-state index contributed by atoms with van der Waals surface area (Å²) < 4.78 is 24.1. The molecule has 0 aliphatic heterocycles. The lowest BCUT2D eigenvalue weighted by Crippen LogP contribution is -2.31. The molecule has 0 atom stereocenters. The SMILES string of the molecule is CNC(=O)c1c(-c2cc(OC)c(OC)c(OC)c2)c2ccc(OCc3ccccn3)cc2c(=O)n1-c1ccc(N)cc1. The fourth-order valence-corrected chi connectivity index (χ4v) is 4.83. The molecule has 0 radical (unpaired) electrons. The summed E-state index contributed by atoms with van der Waals surface area (Å²) in [5.74, 6) is 1.18. The molecule has 5 rings (SSSR count). The molecule has 3 aromatic carbocycles. The van der Waals surface area contributed by atoms with Crippen molar-refractivity contribution < 1.29 is 23.7 Å². The molecule has 214 valence electrons. The summed E-state index contributed by atoms with van der Waals surface area (Å²) in [6, 6.07) is 21.0. The molecule has 0 unspecified atom stereocenters. The number of rotatable bonds is 9. The summed E-state index contributed by atoms with van der Waals surface area (Å²) in [7, 11) is 6.05. The predicted octanol–water partition coefficient (Wildman–Crippen LogP) is 4.60. The third-order valence-electron chi connectivity index (χ3n) is 6.81. The number of methoxy groups -OCH3 is 3. The van der Waals surface area contributed by atoms with E-state index in [4.69, 9.17) is 24.7 Å². The molecule has 0 saturated heterocycles. The minimum atomic E-state index is -0.468. The number of nitrogens with two attached hydrogens (primary N) is 1. The van der Waals surface area contributed by atoms with Gasteiger partial charge >= 0.3 is 0 Å². The molecule has 5 aromatic rings. The zero-order chi connectivity index (χ0) is 29.8. The van der Waals surface area contributed by atoms with Crippen molar-refractivity contribution in [2.24, 2.45) is 0 Å². The molecule has 3 N–H and O–H groups in total. The van der Waals surface area contributed by atoms with Crippen molar-refractivity contribution in [1.29, 1.82) is 0 Å². The van der Waals surface area contributed by atoms with Crippen molar-refractivity contribution in [3.63, 3.8) is 0 Å². The van der Waals surface area contributed by atoms with Gasteiger partial charge in [0.05, 0.1) is 32.4 Å². The molecule has 42 heavy (non-hydrogen) atoms. The van der Waals surface area contributed by atoms with Crippen LogP contribution in [-0.2, 0) is 6.61 Å². The molecule has 10 nitrogen and oxygen atoms in total. The highest BCUT2D eigenvalue weighted by Crippen LogP contribution is 2.44. The number of hydrogen-bond donors (Lipinski definition) is 2. The van der Waals surface area contributed by atoms with E-state index in [2.05, 4.69) is 10.3 Å². The minimum Gasteiger partial charge on any atom is -0.493 e. The lowest BCUT2D eigenvalue weighted by atomic mass is 9.95. The van der Waals surface area contributed by atoms with Gasteiger partial charge in [-0.05, 0) is 77.7 Å². The molecule has 2 aromatic heterocycles. The van der Waals surface area contributed by atoms with Crippen molar-refractivity contribution in [1.82, 2.24) is 14.9 Å². The number of nitrogen functional groups attached to an aromatic ring is 1. The second-order valence-electron chi connectivity index (χ2n) is 9.27. The quantitative estimate of drug-likeness (QED) is 0.248. The minimum absolute atomic E-state index is 0.121. The first kappa shape index (κ1) is 28.0. The second kappa shape index (κ2) is 11.9. The van der Waals surface area contributed by atoms with Crippen LogP contribution in [0, 0.1) is 0 Å². The van der Waals surface area contributed by atoms with Gasteiger partial charge in [0, 0.05) is 30.2 Å². The van der Waals surface area contributed by atoms with E-state index < -0.39 is 11.5 Å². The summed E-state index contributed by atoms with van der Waals surface area (Å²) in [4.78, 5) is 32.1. The van der Waals surface area contributed by atoms with Gasteiger partial charge in [-0.1, -0.05) is 6.07 Å². The average molecular weight is 567 g/mol. The normalized spacial score (nSPS) is 10.8. The summed E-state index contributed by atoms with van der Waals surface area (Å²) in [6.45, 7) is 0.217. The van der Waals surface area contributed by atoms with Gasteiger partial charge in [-0.15, -0.1) is 0 Å². The van der Waals surface area contributed by atoms with Crippen LogP contribution in [0.4, 0.5) is 5.69 Å². The molecule has 0 saturated carbocycles. The number of pyridine rings is 2. The monoisotopic (exact) mass is 566 g/mol. The maximum Gasteiger partial charge on any atom is 0.268 e. The van der Waals surface area contributed by atoms with Crippen LogP contribution in [0.1, 0.15) is 16.2 Å². The molecule has 2 heterocycles. The van der Waals surface area contributed by atoms with Gasteiger partial charge in [-0.3, -0.25) is 19.1 Å². The van der Waals surface area contributed by atoms with E-state index >= 15 is 0 Å². The van der Waals surface area contributed by atoms with E-state index in [9.17, 15) is 9.59 Å². The zero-order valence-electron chi connectivity index (χ0n) is 23.6. The number of nitrogens with one attached hydrogen (secondary N) is 1. The Morgan fingerprint density at radius 1 is 0.905 bits per heavy atom. The van der Waals surface area contributed by atoms with Crippen LogP contribution in [0.3, 0.4) is 0 Å². The summed E-state index contributed by atoms with van der Waals surface area (Å²) in [5.41, 5.74) is 8.43. The van der Waals surface area contributed by atoms with E-state index in [1.54, 1.807) is 60.8 Å². The van der Waals surface area contributed by atoms with Gasteiger partial charge in [0.2, 0.25) is 5.75 Å². The molecule has 0 aliphatic rings. The van der Waals surface area contributed by atoms with Crippen molar-refractivity contribution in [2.45, 2.75) is 6.61 Å². The number of hydrogen-bond acceptors (Lipinski definition) is 8. The zero-order valence-corrected chi connectivity index (χ0v) is 23.6. The molecule has 1 amide bonds. The number of fused-ring (bicyclic) bond motifs is 1. The predicted molar refractivity (Wildman–Crippen MR) is 161 cm³/mol. The van der Waals surface area contributed by atoms with E-state index in [-0.39, 0.29) is 12.3 Å². The lowest BCUT2D eigenvalue weighted by molar-refractivity contribution is 0.0956. The van der Waals surface area contributed by atoms with Gasteiger partial charge in [0.25, 0.3) is 11.5 Å². The average Bonchev–Trinajstić information content (AvgIpc) is 3.03. The first-order chi connectivity index (χ1) is 20.4. The van der Waals surface area contributed by atoms with Crippen LogP contribution >= 0.6 is 0 Å². The Labute approximate surface area is 242 Å². The number of carbonyl (C=O) groups excluding carboxylic acids is 1. The standard InChI is InChI=1S/C32H30N4O6/c1-34-31(37)29-28(19-15-26(39-2)30(41-4)27(16-19)40-3)24-13-12-23(42-18-21-7-5-6-14-35-21)17-25(24)32(38)36(29)22-10-8-20(33)9-11-22/h5-17H,18,33H2,1-4H3,(H,34,37). The number of benzene rings is 3. The largest absolute Gasteiger partial charge is 0.493 e. The molecule has 0 aliphatic carbocycles. The highest BCUT2D eigenvalue weighted by Gasteiger charge is 2.26. The molecule has 0 bridgehead atoms. The van der Waals surface area contributed by atoms with Gasteiger partial charge in [-0.2, -0.15) is 0 Å². The maximum absolute atomic E-state index is 14.2.